The second kappa shape index (κ2) is 9.51. The van der Waals surface area contributed by atoms with Gasteiger partial charge in [-0.2, -0.15) is 4.98 Å². The van der Waals surface area contributed by atoms with E-state index in [0.29, 0.717) is 23.4 Å². The predicted molar refractivity (Wildman–Crippen MR) is 139 cm³/mol. The first-order valence-electron chi connectivity index (χ1n) is 10.5. The van der Waals surface area contributed by atoms with E-state index < -0.39 is 0 Å². The average molecular weight is 491 g/mol. The lowest BCUT2D eigenvalue weighted by molar-refractivity contribution is 0.396. The van der Waals surface area contributed by atoms with Gasteiger partial charge < -0.3 is 14.7 Å². The molecule has 0 saturated carbocycles. The average Bonchev–Trinajstić information content (AvgIpc) is 3.54. The Morgan fingerprint density at radius 1 is 1.09 bits per heavy atom. The molecule has 4 aromatic rings. The van der Waals surface area contributed by atoms with Crippen molar-refractivity contribution in [2.24, 2.45) is 0 Å². The fourth-order valence-electron chi connectivity index (χ4n) is 3.89. The Bertz CT molecular complexity index is 1280. The van der Waals surface area contributed by atoms with Crippen LogP contribution < -0.4 is 5.32 Å². The van der Waals surface area contributed by atoms with E-state index in [2.05, 4.69) is 70.3 Å². The summed E-state index contributed by atoms with van der Waals surface area (Å²) >= 11 is 9.20. The third-order valence-electron chi connectivity index (χ3n) is 5.63. The standard InChI is InChI=1S/C25H22N4OS3/c1-16-21(24-27-23(28-30-24)18-10-12-19(32-2)13-11-18)22(17-7-4-3-5-8-17)26-25(31)29(16)15-20-9-6-14-33-20/h3-14,22H,15H2,1-2H3,(H,26,31). The van der Waals surface area contributed by atoms with Gasteiger partial charge in [-0.05, 0) is 66.7 Å². The smallest absolute Gasteiger partial charge is 0.258 e. The number of nitrogens with zero attached hydrogens (tertiary/aromatic N) is 3. The number of hydrogen-bond acceptors (Lipinski definition) is 6. The lowest BCUT2D eigenvalue weighted by Crippen LogP contribution is -2.45. The van der Waals surface area contributed by atoms with Crippen molar-refractivity contribution in [3.05, 3.63) is 94.1 Å². The van der Waals surface area contributed by atoms with Crippen LogP contribution in [0.1, 0.15) is 29.3 Å². The summed E-state index contributed by atoms with van der Waals surface area (Å²) < 4.78 is 5.82. The summed E-state index contributed by atoms with van der Waals surface area (Å²) in [7, 11) is 0. The molecule has 0 radical (unpaired) electrons. The number of nitrogens with one attached hydrogen (secondary N) is 1. The fraction of sp³-hybridized carbons (Fsp3) is 0.160. The van der Waals surface area contributed by atoms with Crippen LogP contribution in [-0.2, 0) is 6.54 Å². The largest absolute Gasteiger partial charge is 0.351 e. The topological polar surface area (TPSA) is 54.2 Å². The van der Waals surface area contributed by atoms with Crippen molar-refractivity contribution < 1.29 is 4.52 Å². The minimum absolute atomic E-state index is 0.176. The molecule has 1 aliphatic heterocycles. The lowest BCUT2D eigenvalue weighted by Gasteiger charge is -2.37. The van der Waals surface area contributed by atoms with Gasteiger partial charge in [-0.15, -0.1) is 23.1 Å². The first kappa shape index (κ1) is 21.9. The van der Waals surface area contributed by atoms with Crippen molar-refractivity contribution >= 4 is 46.0 Å². The van der Waals surface area contributed by atoms with Crippen molar-refractivity contribution in [1.29, 1.82) is 0 Å². The molecular weight excluding hydrogens is 469 g/mol. The zero-order chi connectivity index (χ0) is 22.8. The molecule has 0 aliphatic carbocycles. The quantitative estimate of drug-likeness (QED) is 0.248. The molecule has 0 amide bonds. The van der Waals surface area contributed by atoms with Crippen LogP contribution in [0.15, 0.2) is 87.2 Å². The second-order valence-corrected chi connectivity index (χ2v) is 9.91. The number of hydrogen-bond donors (Lipinski definition) is 1. The molecule has 2 aromatic carbocycles. The number of rotatable bonds is 6. The molecule has 0 fully saturated rings. The van der Waals surface area contributed by atoms with E-state index in [-0.39, 0.29) is 6.04 Å². The molecule has 166 valence electrons. The maximum absolute atomic E-state index is 5.82. The zero-order valence-electron chi connectivity index (χ0n) is 18.2. The molecule has 33 heavy (non-hydrogen) atoms. The Balaban J connectivity index is 1.57. The van der Waals surface area contributed by atoms with E-state index in [1.807, 2.05) is 30.3 Å². The summed E-state index contributed by atoms with van der Waals surface area (Å²) in [5, 5.41) is 10.6. The molecule has 5 nitrogen and oxygen atoms in total. The molecule has 1 unspecified atom stereocenters. The fourth-order valence-corrected chi connectivity index (χ4v) is 5.31. The number of aromatic nitrogens is 2. The molecule has 8 heteroatoms. The number of allylic oxidation sites excluding steroid dienone is 1. The second-order valence-electron chi connectivity index (χ2n) is 7.61. The van der Waals surface area contributed by atoms with Crippen LogP contribution in [0, 0.1) is 0 Å². The van der Waals surface area contributed by atoms with Gasteiger partial charge in [0.2, 0.25) is 5.82 Å². The van der Waals surface area contributed by atoms with Crippen molar-refractivity contribution in [2.75, 3.05) is 6.26 Å². The number of benzene rings is 2. The Hall–Kier alpha value is -2.94. The molecule has 1 N–H and O–H groups in total. The molecule has 1 aliphatic rings. The van der Waals surface area contributed by atoms with Crippen molar-refractivity contribution in [3.8, 4) is 11.4 Å². The molecule has 3 heterocycles. The highest BCUT2D eigenvalue weighted by Crippen LogP contribution is 2.38. The van der Waals surface area contributed by atoms with Gasteiger partial charge in [0.15, 0.2) is 5.11 Å². The summed E-state index contributed by atoms with van der Waals surface area (Å²) in [5.41, 5.74) is 3.96. The normalized spacial score (nSPS) is 16.2. The zero-order valence-corrected chi connectivity index (χ0v) is 20.6. The third kappa shape index (κ3) is 4.46. The van der Waals surface area contributed by atoms with Gasteiger partial charge in [0, 0.05) is 21.0 Å². The summed E-state index contributed by atoms with van der Waals surface area (Å²) in [5.74, 6) is 1.07. The summed E-state index contributed by atoms with van der Waals surface area (Å²) in [6.07, 6.45) is 2.06. The summed E-state index contributed by atoms with van der Waals surface area (Å²) in [6, 6.07) is 22.4. The Kier molecular flexibility index (Phi) is 6.30. The maximum atomic E-state index is 5.82. The number of thiophene rings is 1. The predicted octanol–water partition coefficient (Wildman–Crippen LogP) is 6.38. The molecule has 0 spiro atoms. The first-order valence-corrected chi connectivity index (χ1v) is 13.0. The lowest BCUT2D eigenvalue weighted by atomic mass is 9.95. The minimum Gasteiger partial charge on any atom is -0.351 e. The Labute approximate surface area is 206 Å². The van der Waals surface area contributed by atoms with E-state index in [9.17, 15) is 0 Å². The van der Waals surface area contributed by atoms with Crippen LogP contribution in [0.3, 0.4) is 0 Å². The molecule has 1 atom stereocenters. The third-order valence-corrected chi connectivity index (χ3v) is 7.57. The highest BCUT2D eigenvalue weighted by atomic mass is 32.2. The van der Waals surface area contributed by atoms with E-state index in [1.54, 1.807) is 23.1 Å². The van der Waals surface area contributed by atoms with Crippen LogP contribution in [-0.4, -0.2) is 26.4 Å². The molecule has 2 aromatic heterocycles. The van der Waals surface area contributed by atoms with Gasteiger partial charge in [-0.3, -0.25) is 0 Å². The van der Waals surface area contributed by atoms with Crippen molar-refractivity contribution in [1.82, 2.24) is 20.4 Å². The highest BCUT2D eigenvalue weighted by Gasteiger charge is 2.34. The van der Waals surface area contributed by atoms with Crippen LogP contribution in [0.2, 0.25) is 0 Å². The van der Waals surface area contributed by atoms with Crippen LogP contribution in [0.25, 0.3) is 17.0 Å². The minimum atomic E-state index is -0.176. The SMILES string of the molecule is CSc1ccc(-c2noc(C3=C(C)N(Cc4cccs4)C(=S)NC3c3ccccc3)n2)cc1. The van der Waals surface area contributed by atoms with Gasteiger partial charge in [0.25, 0.3) is 5.89 Å². The maximum Gasteiger partial charge on any atom is 0.258 e. The van der Waals surface area contributed by atoms with E-state index in [0.717, 1.165) is 22.4 Å². The van der Waals surface area contributed by atoms with Gasteiger partial charge >= 0.3 is 0 Å². The van der Waals surface area contributed by atoms with Crippen LogP contribution >= 0.6 is 35.3 Å². The molecule has 0 saturated heterocycles. The van der Waals surface area contributed by atoms with Crippen LogP contribution in [0.4, 0.5) is 0 Å². The molecule has 0 bridgehead atoms. The van der Waals surface area contributed by atoms with Gasteiger partial charge in [-0.25, -0.2) is 0 Å². The Morgan fingerprint density at radius 2 is 1.88 bits per heavy atom. The van der Waals surface area contributed by atoms with Crippen molar-refractivity contribution in [3.63, 3.8) is 0 Å². The monoisotopic (exact) mass is 490 g/mol. The van der Waals surface area contributed by atoms with E-state index in [1.165, 1.54) is 9.77 Å². The van der Waals surface area contributed by atoms with Crippen LogP contribution in [0.5, 0.6) is 0 Å². The van der Waals surface area contributed by atoms with Crippen molar-refractivity contribution in [2.45, 2.75) is 24.4 Å². The van der Waals surface area contributed by atoms with Gasteiger partial charge in [0.05, 0.1) is 18.2 Å². The molecule has 5 rings (SSSR count). The summed E-state index contributed by atoms with van der Waals surface area (Å²) in [6.45, 7) is 2.76. The first-order chi connectivity index (χ1) is 16.1. The van der Waals surface area contributed by atoms with E-state index >= 15 is 0 Å². The number of thioether (sulfide) groups is 1. The highest BCUT2D eigenvalue weighted by molar-refractivity contribution is 7.98. The summed E-state index contributed by atoms with van der Waals surface area (Å²) in [4.78, 5) is 9.32. The number of thiocarbonyl (C=S) groups is 1. The Morgan fingerprint density at radius 3 is 2.58 bits per heavy atom. The van der Waals surface area contributed by atoms with Gasteiger partial charge in [-0.1, -0.05) is 41.6 Å². The van der Waals surface area contributed by atoms with E-state index in [4.69, 9.17) is 21.7 Å². The molecular formula is C25H22N4OS3. The van der Waals surface area contributed by atoms with Gasteiger partial charge in [0.1, 0.15) is 0 Å².